The molecule has 0 aliphatic heterocycles. The molecule has 1 N–H and O–H groups in total. The first-order valence-corrected chi connectivity index (χ1v) is 3.97. The molecule has 0 amide bonds. The number of aliphatic hydroxyl groups is 1. The van der Waals surface area contributed by atoms with E-state index in [-0.39, 0.29) is 6.10 Å². The highest BCUT2D eigenvalue weighted by Crippen LogP contribution is 2.00. The topological polar surface area (TPSA) is 20.2 Å². The smallest absolute Gasteiger partial charge is 0.0515 e. The van der Waals surface area contributed by atoms with Crippen LogP contribution in [0.5, 0.6) is 0 Å². The van der Waals surface area contributed by atoms with Crippen molar-refractivity contribution in [3.63, 3.8) is 0 Å². The Hall–Kier alpha value is -0.300. The average molecular weight is 142 g/mol. The highest BCUT2D eigenvalue weighted by molar-refractivity contribution is 4.84. The Morgan fingerprint density at radius 1 is 1.30 bits per heavy atom. The first kappa shape index (κ1) is 9.70. The van der Waals surface area contributed by atoms with Crippen molar-refractivity contribution in [3.8, 4) is 0 Å². The lowest BCUT2D eigenvalue weighted by molar-refractivity contribution is 0.186. The van der Waals surface area contributed by atoms with E-state index >= 15 is 0 Å². The van der Waals surface area contributed by atoms with E-state index in [4.69, 9.17) is 5.11 Å². The van der Waals surface area contributed by atoms with Gasteiger partial charge in [0.2, 0.25) is 0 Å². The zero-order chi connectivity index (χ0) is 7.98. The Bertz CT molecular complexity index is 92.9. The monoisotopic (exact) mass is 142 g/mol. The predicted molar refractivity (Wildman–Crippen MR) is 44.9 cm³/mol. The van der Waals surface area contributed by atoms with Crippen molar-refractivity contribution in [2.45, 2.75) is 39.7 Å². The number of allylic oxidation sites excluding steroid dienone is 2. The van der Waals surface area contributed by atoms with Gasteiger partial charge in [-0.2, -0.15) is 0 Å². The molecule has 10 heavy (non-hydrogen) atoms. The fourth-order valence-electron chi connectivity index (χ4n) is 0.706. The van der Waals surface area contributed by atoms with Crippen LogP contribution in [0.15, 0.2) is 12.2 Å². The molecule has 0 aromatic heterocycles. The molecule has 1 atom stereocenters. The van der Waals surface area contributed by atoms with Crippen LogP contribution in [0, 0.1) is 5.92 Å². The summed E-state index contributed by atoms with van der Waals surface area (Å²) in [4.78, 5) is 0. The normalized spacial score (nSPS) is 14.9. The molecule has 0 aromatic carbocycles. The number of hydrogen-bond donors (Lipinski definition) is 1. The fraction of sp³-hybridized carbons (Fsp3) is 0.778. The summed E-state index contributed by atoms with van der Waals surface area (Å²) in [6.07, 6.45) is 6.02. The van der Waals surface area contributed by atoms with Crippen molar-refractivity contribution in [2.75, 3.05) is 0 Å². The molecular weight excluding hydrogens is 124 g/mol. The number of rotatable bonds is 4. The third kappa shape index (κ3) is 7.70. The molecule has 1 nitrogen and oxygen atoms in total. The van der Waals surface area contributed by atoms with Crippen LogP contribution in [-0.2, 0) is 0 Å². The van der Waals surface area contributed by atoms with Gasteiger partial charge in [-0.15, -0.1) is 0 Å². The maximum Gasteiger partial charge on any atom is 0.0515 e. The van der Waals surface area contributed by atoms with Crippen LogP contribution in [0.4, 0.5) is 0 Å². The lowest BCUT2D eigenvalue weighted by Crippen LogP contribution is -1.96. The van der Waals surface area contributed by atoms with Gasteiger partial charge in [-0.05, 0) is 25.7 Å². The van der Waals surface area contributed by atoms with E-state index in [1.54, 1.807) is 0 Å². The number of aliphatic hydroxyl groups excluding tert-OH is 1. The van der Waals surface area contributed by atoms with Gasteiger partial charge in [0, 0.05) is 0 Å². The second-order valence-electron chi connectivity index (χ2n) is 3.10. The van der Waals surface area contributed by atoms with Crippen molar-refractivity contribution in [3.05, 3.63) is 12.2 Å². The molecule has 0 spiro atoms. The first-order chi connectivity index (χ1) is 4.63. The minimum absolute atomic E-state index is 0.156. The molecule has 0 aliphatic carbocycles. The van der Waals surface area contributed by atoms with E-state index in [0.29, 0.717) is 5.92 Å². The molecule has 0 rings (SSSR count). The fourth-order valence-corrected chi connectivity index (χ4v) is 0.706. The lowest BCUT2D eigenvalue weighted by Gasteiger charge is -1.99. The van der Waals surface area contributed by atoms with Gasteiger partial charge < -0.3 is 5.11 Å². The predicted octanol–water partition coefficient (Wildman–Crippen LogP) is 2.36. The van der Waals surface area contributed by atoms with Gasteiger partial charge >= 0.3 is 0 Å². The van der Waals surface area contributed by atoms with E-state index in [9.17, 15) is 0 Å². The van der Waals surface area contributed by atoms with E-state index in [1.165, 1.54) is 0 Å². The quantitative estimate of drug-likeness (QED) is 0.597. The molecule has 60 valence electrons. The summed E-state index contributed by atoms with van der Waals surface area (Å²) in [6.45, 7) is 6.13. The van der Waals surface area contributed by atoms with Crippen LogP contribution in [0.3, 0.4) is 0 Å². The standard InChI is InChI=1S/C9H18O/c1-8(2)6-4-5-7-9(3)10/h4,6,8-10H,5,7H2,1-3H3/b6-4+/t9-/m0/s1. The molecule has 0 aromatic rings. The molecule has 0 saturated heterocycles. The molecule has 0 radical (unpaired) electrons. The van der Waals surface area contributed by atoms with Gasteiger partial charge in [0.05, 0.1) is 6.10 Å². The Labute approximate surface area is 63.8 Å². The van der Waals surface area contributed by atoms with Crippen LogP contribution in [0.1, 0.15) is 33.6 Å². The Morgan fingerprint density at radius 3 is 2.30 bits per heavy atom. The highest BCUT2D eigenvalue weighted by Gasteiger charge is 1.91. The summed E-state index contributed by atoms with van der Waals surface area (Å²) in [6, 6.07) is 0. The SMILES string of the molecule is CC(C)/C=C/CC[C@H](C)O. The molecule has 0 saturated carbocycles. The summed E-state index contributed by atoms with van der Waals surface area (Å²) in [5.74, 6) is 0.633. The van der Waals surface area contributed by atoms with Gasteiger partial charge in [-0.3, -0.25) is 0 Å². The van der Waals surface area contributed by atoms with E-state index in [0.717, 1.165) is 12.8 Å². The van der Waals surface area contributed by atoms with Crippen LogP contribution in [0.25, 0.3) is 0 Å². The Kier molecular flexibility index (Phi) is 5.32. The lowest BCUT2D eigenvalue weighted by atomic mass is 10.1. The Balaban J connectivity index is 3.19. The van der Waals surface area contributed by atoms with Crippen molar-refractivity contribution >= 4 is 0 Å². The third-order valence-corrected chi connectivity index (χ3v) is 1.27. The molecule has 0 unspecified atom stereocenters. The minimum Gasteiger partial charge on any atom is -0.393 e. The first-order valence-electron chi connectivity index (χ1n) is 3.97. The van der Waals surface area contributed by atoms with Crippen molar-refractivity contribution < 1.29 is 5.11 Å². The maximum atomic E-state index is 8.88. The van der Waals surface area contributed by atoms with Crippen molar-refractivity contribution in [2.24, 2.45) is 5.92 Å². The maximum absolute atomic E-state index is 8.88. The minimum atomic E-state index is -0.156. The van der Waals surface area contributed by atoms with Gasteiger partial charge in [0.15, 0.2) is 0 Å². The third-order valence-electron chi connectivity index (χ3n) is 1.27. The summed E-state index contributed by atoms with van der Waals surface area (Å²) in [5.41, 5.74) is 0. The molecule has 0 heterocycles. The van der Waals surface area contributed by atoms with E-state index in [2.05, 4.69) is 26.0 Å². The van der Waals surface area contributed by atoms with Crippen molar-refractivity contribution in [1.29, 1.82) is 0 Å². The van der Waals surface area contributed by atoms with E-state index < -0.39 is 0 Å². The number of hydrogen-bond acceptors (Lipinski definition) is 1. The highest BCUT2D eigenvalue weighted by atomic mass is 16.3. The molecular formula is C9H18O. The molecule has 0 bridgehead atoms. The van der Waals surface area contributed by atoms with E-state index in [1.807, 2.05) is 6.92 Å². The second kappa shape index (κ2) is 5.48. The van der Waals surface area contributed by atoms with Gasteiger partial charge in [-0.1, -0.05) is 26.0 Å². The Morgan fingerprint density at radius 2 is 1.90 bits per heavy atom. The zero-order valence-electron chi connectivity index (χ0n) is 7.17. The molecule has 1 heteroatoms. The summed E-state index contributed by atoms with van der Waals surface area (Å²) >= 11 is 0. The molecule has 0 aliphatic rings. The van der Waals surface area contributed by atoms with Crippen LogP contribution in [0.2, 0.25) is 0 Å². The molecule has 0 fully saturated rings. The summed E-state index contributed by atoms with van der Waals surface area (Å²) in [7, 11) is 0. The van der Waals surface area contributed by atoms with Crippen molar-refractivity contribution in [1.82, 2.24) is 0 Å². The van der Waals surface area contributed by atoms with Gasteiger partial charge in [-0.25, -0.2) is 0 Å². The largest absolute Gasteiger partial charge is 0.393 e. The zero-order valence-corrected chi connectivity index (χ0v) is 7.17. The average Bonchev–Trinajstić information content (AvgIpc) is 1.79. The second-order valence-corrected chi connectivity index (χ2v) is 3.10. The summed E-state index contributed by atoms with van der Waals surface area (Å²) in [5, 5.41) is 8.88. The van der Waals surface area contributed by atoms with Crippen LogP contribution in [-0.4, -0.2) is 11.2 Å². The summed E-state index contributed by atoms with van der Waals surface area (Å²) < 4.78 is 0. The van der Waals surface area contributed by atoms with Gasteiger partial charge in [0.1, 0.15) is 0 Å². The van der Waals surface area contributed by atoms with Crippen LogP contribution < -0.4 is 0 Å². The van der Waals surface area contributed by atoms with Gasteiger partial charge in [0.25, 0.3) is 0 Å². The van der Waals surface area contributed by atoms with Crippen LogP contribution >= 0.6 is 0 Å².